The Balaban J connectivity index is 2.61. The summed E-state index contributed by atoms with van der Waals surface area (Å²) in [6, 6.07) is 4.33. The number of esters is 1. The fourth-order valence-electron chi connectivity index (χ4n) is 2.04. The van der Waals surface area contributed by atoms with E-state index in [1.54, 1.807) is 19.9 Å². The summed E-state index contributed by atoms with van der Waals surface area (Å²) in [6.45, 7) is 3.60. The van der Waals surface area contributed by atoms with Crippen molar-refractivity contribution < 1.29 is 13.9 Å². The van der Waals surface area contributed by atoms with Gasteiger partial charge in [-0.2, -0.15) is 0 Å². The molecule has 1 heterocycles. The van der Waals surface area contributed by atoms with Crippen molar-refractivity contribution in [2.75, 3.05) is 12.3 Å². The van der Waals surface area contributed by atoms with Crippen molar-refractivity contribution in [3.63, 3.8) is 0 Å². The molecule has 0 saturated carbocycles. The van der Waals surface area contributed by atoms with E-state index in [0.717, 1.165) is 0 Å². The molecular formula is C14H14ClFN2O2. The van der Waals surface area contributed by atoms with Gasteiger partial charge in [-0.1, -0.05) is 17.7 Å². The zero-order chi connectivity index (χ0) is 14.9. The summed E-state index contributed by atoms with van der Waals surface area (Å²) in [5.74, 6) is -1.06. The van der Waals surface area contributed by atoms with Crippen LogP contribution in [0.4, 0.5) is 10.1 Å². The van der Waals surface area contributed by atoms with Crippen LogP contribution in [0.15, 0.2) is 18.2 Å². The van der Waals surface area contributed by atoms with Crippen molar-refractivity contribution in [2.24, 2.45) is 0 Å². The molecule has 0 fully saturated rings. The van der Waals surface area contributed by atoms with E-state index in [-0.39, 0.29) is 34.1 Å². The fraction of sp³-hybridized carbons (Fsp3) is 0.214. The van der Waals surface area contributed by atoms with Gasteiger partial charge in [-0.25, -0.2) is 9.18 Å². The highest BCUT2D eigenvalue weighted by Gasteiger charge is 2.23. The standard InChI is InChI=1S/C14H14ClFN2O2/c1-3-20-14(19)10-7(2)18-13(12(10)17)11-8(15)5-4-6-9(11)16/h4-6,18H,3,17H2,1-2H3. The number of benzene rings is 1. The second kappa shape index (κ2) is 5.54. The number of aromatic nitrogens is 1. The molecule has 0 aliphatic carbocycles. The summed E-state index contributed by atoms with van der Waals surface area (Å²) in [5.41, 5.74) is 7.23. The smallest absolute Gasteiger partial charge is 0.342 e. The normalized spacial score (nSPS) is 10.6. The summed E-state index contributed by atoms with van der Waals surface area (Å²) >= 11 is 6.01. The van der Waals surface area contributed by atoms with Gasteiger partial charge in [0.2, 0.25) is 0 Å². The summed E-state index contributed by atoms with van der Waals surface area (Å²) in [4.78, 5) is 14.8. The molecule has 0 aliphatic heterocycles. The largest absolute Gasteiger partial charge is 0.462 e. The maximum absolute atomic E-state index is 13.9. The summed E-state index contributed by atoms with van der Waals surface area (Å²) in [6.07, 6.45) is 0. The molecule has 0 unspecified atom stereocenters. The van der Waals surface area contributed by atoms with Gasteiger partial charge >= 0.3 is 5.97 Å². The van der Waals surface area contributed by atoms with Crippen LogP contribution in [0.3, 0.4) is 0 Å². The van der Waals surface area contributed by atoms with Crippen molar-refractivity contribution in [3.05, 3.63) is 40.3 Å². The first kappa shape index (κ1) is 14.4. The summed E-state index contributed by atoms with van der Waals surface area (Å²) in [7, 11) is 0. The number of anilines is 1. The van der Waals surface area contributed by atoms with Crippen LogP contribution in [0.1, 0.15) is 23.0 Å². The second-order valence-corrected chi connectivity index (χ2v) is 4.64. The van der Waals surface area contributed by atoms with Crippen LogP contribution in [0.5, 0.6) is 0 Å². The quantitative estimate of drug-likeness (QED) is 0.851. The maximum Gasteiger partial charge on any atom is 0.342 e. The highest BCUT2D eigenvalue weighted by molar-refractivity contribution is 6.33. The molecule has 0 bridgehead atoms. The van der Waals surface area contributed by atoms with Gasteiger partial charge in [0.05, 0.1) is 28.6 Å². The number of carbonyl (C=O) groups excluding carboxylic acids is 1. The van der Waals surface area contributed by atoms with Gasteiger partial charge in [0.1, 0.15) is 11.4 Å². The van der Waals surface area contributed by atoms with Gasteiger partial charge in [-0.05, 0) is 26.0 Å². The number of rotatable bonds is 3. The Bertz CT molecular complexity index is 647. The van der Waals surface area contributed by atoms with Gasteiger partial charge < -0.3 is 15.5 Å². The average molecular weight is 297 g/mol. The number of aryl methyl sites for hydroxylation is 1. The molecule has 2 aromatic rings. The van der Waals surface area contributed by atoms with Crippen LogP contribution in [-0.2, 0) is 4.74 Å². The van der Waals surface area contributed by atoms with Crippen LogP contribution in [0.2, 0.25) is 5.02 Å². The Morgan fingerprint density at radius 2 is 2.20 bits per heavy atom. The molecule has 20 heavy (non-hydrogen) atoms. The number of nitrogens with one attached hydrogen (secondary N) is 1. The van der Waals surface area contributed by atoms with Crippen molar-refractivity contribution in [3.8, 4) is 11.3 Å². The third kappa shape index (κ3) is 2.36. The second-order valence-electron chi connectivity index (χ2n) is 4.23. The maximum atomic E-state index is 13.9. The Kier molecular flexibility index (Phi) is 3.99. The number of halogens is 2. The van der Waals surface area contributed by atoms with Crippen LogP contribution in [-0.4, -0.2) is 17.6 Å². The molecule has 2 rings (SSSR count). The Morgan fingerprint density at radius 1 is 1.50 bits per heavy atom. The number of nitrogens with two attached hydrogens (primary N) is 1. The summed E-state index contributed by atoms with van der Waals surface area (Å²) in [5, 5.41) is 0.216. The lowest BCUT2D eigenvalue weighted by Gasteiger charge is -2.06. The Morgan fingerprint density at radius 3 is 2.80 bits per heavy atom. The minimum atomic E-state index is -0.544. The van der Waals surface area contributed by atoms with Crippen LogP contribution in [0, 0.1) is 12.7 Å². The molecule has 0 saturated heterocycles. The topological polar surface area (TPSA) is 68.1 Å². The minimum absolute atomic E-state index is 0.132. The zero-order valence-corrected chi connectivity index (χ0v) is 11.8. The first-order valence-electron chi connectivity index (χ1n) is 6.06. The SMILES string of the molecule is CCOC(=O)c1c(C)[nH]c(-c2c(F)cccc2Cl)c1N. The predicted octanol–water partition coefficient (Wildman–Crippen LogP) is 3.54. The zero-order valence-electron chi connectivity index (χ0n) is 11.1. The van der Waals surface area contributed by atoms with E-state index in [4.69, 9.17) is 22.1 Å². The molecule has 106 valence electrons. The monoisotopic (exact) mass is 296 g/mol. The molecule has 0 aliphatic rings. The molecule has 0 amide bonds. The number of hydrogen-bond donors (Lipinski definition) is 2. The van der Waals surface area contributed by atoms with Crippen molar-refractivity contribution >= 4 is 23.3 Å². The number of ether oxygens (including phenoxy) is 1. The van der Waals surface area contributed by atoms with E-state index in [9.17, 15) is 9.18 Å². The van der Waals surface area contributed by atoms with Crippen molar-refractivity contribution in [2.45, 2.75) is 13.8 Å². The van der Waals surface area contributed by atoms with Crippen LogP contribution >= 0.6 is 11.6 Å². The first-order chi connectivity index (χ1) is 9.47. The first-order valence-corrected chi connectivity index (χ1v) is 6.44. The molecule has 0 radical (unpaired) electrons. The summed E-state index contributed by atoms with van der Waals surface area (Å²) < 4.78 is 18.9. The molecule has 0 atom stereocenters. The molecule has 1 aromatic carbocycles. The van der Waals surface area contributed by atoms with E-state index >= 15 is 0 Å². The van der Waals surface area contributed by atoms with Crippen molar-refractivity contribution in [1.82, 2.24) is 4.98 Å². The van der Waals surface area contributed by atoms with Gasteiger partial charge in [0.15, 0.2) is 0 Å². The lowest BCUT2D eigenvalue weighted by atomic mass is 10.1. The molecule has 3 N–H and O–H groups in total. The molecular weight excluding hydrogens is 283 g/mol. The van der Waals surface area contributed by atoms with Crippen molar-refractivity contribution in [1.29, 1.82) is 0 Å². The van der Waals surface area contributed by atoms with E-state index in [0.29, 0.717) is 5.69 Å². The number of H-pyrrole nitrogens is 1. The minimum Gasteiger partial charge on any atom is -0.462 e. The number of aromatic amines is 1. The molecule has 4 nitrogen and oxygen atoms in total. The Hall–Kier alpha value is -2.01. The third-order valence-electron chi connectivity index (χ3n) is 2.92. The Labute approximate surface area is 120 Å². The molecule has 1 aromatic heterocycles. The number of nitrogen functional groups attached to an aromatic ring is 1. The fourth-order valence-corrected chi connectivity index (χ4v) is 2.30. The highest BCUT2D eigenvalue weighted by atomic mass is 35.5. The van der Waals surface area contributed by atoms with Gasteiger partial charge in [0.25, 0.3) is 0 Å². The van der Waals surface area contributed by atoms with E-state index < -0.39 is 11.8 Å². The van der Waals surface area contributed by atoms with E-state index in [1.807, 2.05) is 0 Å². The number of hydrogen-bond acceptors (Lipinski definition) is 3. The van der Waals surface area contributed by atoms with E-state index in [2.05, 4.69) is 4.98 Å². The highest BCUT2D eigenvalue weighted by Crippen LogP contribution is 2.36. The number of carbonyl (C=O) groups is 1. The molecule has 6 heteroatoms. The third-order valence-corrected chi connectivity index (χ3v) is 3.23. The van der Waals surface area contributed by atoms with Gasteiger partial charge in [-0.15, -0.1) is 0 Å². The van der Waals surface area contributed by atoms with Gasteiger partial charge in [-0.3, -0.25) is 0 Å². The predicted molar refractivity (Wildman–Crippen MR) is 76.3 cm³/mol. The lowest BCUT2D eigenvalue weighted by Crippen LogP contribution is -2.07. The van der Waals surface area contributed by atoms with E-state index in [1.165, 1.54) is 12.1 Å². The van der Waals surface area contributed by atoms with Crippen LogP contribution in [0.25, 0.3) is 11.3 Å². The average Bonchev–Trinajstić information content (AvgIpc) is 2.65. The lowest BCUT2D eigenvalue weighted by molar-refractivity contribution is 0.0527. The molecule has 0 spiro atoms. The van der Waals surface area contributed by atoms with Gasteiger partial charge in [0, 0.05) is 5.69 Å². The van der Waals surface area contributed by atoms with Crippen LogP contribution < -0.4 is 5.73 Å².